The number of nitro benzene ring substituents is 2. The quantitative estimate of drug-likeness (QED) is 0.618. The molecule has 0 saturated heterocycles. The fourth-order valence-corrected chi connectivity index (χ4v) is 2.33. The first-order valence-corrected chi connectivity index (χ1v) is 7.19. The third-order valence-corrected chi connectivity index (χ3v) is 3.61. The third-order valence-electron chi connectivity index (χ3n) is 3.61. The Morgan fingerprint density at radius 3 is 1.70 bits per heavy atom. The molecule has 0 aliphatic carbocycles. The van der Waals surface area contributed by atoms with E-state index in [1.165, 1.54) is 17.7 Å². The Hall–Kier alpha value is -2.76. The summed E-state index contributed by atoms with van der Waals surface area (Å²) in [5.74, 6) is 0. The van der Waals surface area contributed by atoms with Gasteiger partial charge in [0.15, 0.2) is 0 Å². The van der Waals surface area contributed by atoms with Gasteiger partial charge < -0.3 is 0 Å². The molecule has 0 saturated carbocycles. The molecule has 0 bridgehead atoms. The normalized spacial score (nSPS) is 11.3. The smallest absolute Gasteiger partial charge is 0.258 e. The molecule has 0 radical (unpaired) electrons. The maximum atomic E-state index is 10.9. The average Bonchev–Trinajstić information content (AvgIpc) is 2.46. The van der Waals surface area contributed by atoms with Crippen LogP contribution in [0.25, 0.3) is 0 Å². The van der Waals surface area contributed by atoms with Gasteiger partial charge in [-0.3, -0.25) is 20.2 Å². The van der Waals surface area contributed by atoms with E-state index in [2.05, 4.69) is 20.8 Å². The molecule has 0 heterocycles. The average molecular weight is 314 g/mol. The van der Waals surface area contributed by atoms with E-state index in [-0.39, 0.29) is 16.8 Å². The van der Waals surface area contributed by atoms with E-state index in [1.807, 2.05) is 24.3 Å². The molecule has 6 nitrogen and oxygen atoms in total. The highest BCUT2D eigenvalue weighted by molar-refractivity contribution is 5.48. The summed E-state index contributed by atoms with van der Waals surface area (Å²) < 4.78 is 0. The first-order chi connectivity index (χ1) is 10.7. The number of nitrogens with zero attached hydrogens (tertiary/aromatic N) is 2. The minimum atomic E-state index is -0.612. The molecule has 0 amide bonds. The maximum Gasteiger partial charge on any atom is 0.276 e. The molecule has 6 heteroatoms. The molecule has 0 atom stereocenters. The summed E-state index contributed by atoms with van der Waals surface area (Å²) in [5, 5.41) is 21.8. The van der Waals surface area contributed by atoms with Gasteiger partial charge in [-0.25, -0.2) is 0 Å². The van der Waals surface area contributed by atoms with Crippen LogP contribution in [-0.4, -0.2) is 9.85 Å². The van der Waals surface area contributed by atoms with Crippen molar-refractivity contribution in [2.75, 3.05) is 0 Å². The van der Waals surface area contributed by atoms with Crippen molar-refractivity contribution in [1.29, 1.82) is 0 Å². The number of non-ortho nitro benzene ring substituents is 2. The van der Waals surface area contributed by atoms with Crippen LogP contribution in [0, 0.1) is 20.2 Å². The van der Waals surface area contributed by atoms with Crippen LogP contribution in [0.4, 0.5) is 11.4 Å². The van der Waals surface area contributed by atoms with E-state index in [4.69, 9.17) is 0 Å². The molecular formula is C17H18N2O4. The number of benzene rings is 2. The van der Waals surface area contributed by atoms with Crippen molar-refractivity contribution in [2.24, 2.45) is 0 Å². The predicted octanol–water partition coefficient (Wildman–Crippen LogP) is 4.39. The summed E-state index contributed by atoms with van der Waals surface area (Å²) in [5.41, 5.74) is 2.21. The number of hydrogen-bond donors (Lipinski definition) is 0. The molecule has 0 N–H and O–H groups in total. The van der Waals surface area contributed by atoms with Gasteiger partial charge in [-0.1, -0.05) is 45.0 Å². The van der Waals surface area contributed by atoms with Crippen LogP contribution in [0.5, 0.6) is 0 Å². The summed E-state index contributed by atoms with van der Waals surface area (Å²) in [7, 11) is 0. The molecule has 0 fully saturated rings. The van der Waals surface area contributed by atoms with Gasteiger partial charge in [0.05, 0.1) is 15.9 Å². The molecule has 120 valence electrons. The number of nitro groups is 2. The second-order valence-electron chi connectivity index (χ2n) is 6.50. The summed E-state index contributed by atoms with van der Waals surface area (Å²) in [4.78, 5) is 20.6. The van der Waals surface area contributed by atoms with E-state index in [0.717, 1.165) is 11.6 Å². The Balaban J connectivity index is 2.32. The van der Waals surface area contributed by atoms with Gasteiger partial charge in [0.2, 0.25) is 0 Å². The highest BCUT2D eigenvalue weighted by Gasteiger charge is 2.17. The monoisotopic (exact) mass is 314 g/mol. The van der Waals surface area contributed by atoms with Crippen LogP contribution in [0.3, 0.4) is 0 Å². The molecule has 2 rings (SSSR count). The van der Waals surface area contributed by atoms with Crippen LogP contribution < -0.4 is 0 Å². The zero-order valence-corrected chi connectivity index (χ0v) is 13.3. The lowest BCUT2D eigenvalue weighted by Gasteiger charge is -2.19. The van der Waals surface area contributed by atoms with Crippen molar-refractivity contribution in [3.63, 3.8) is 0 Å². The Kier molecular flexibility index (Phi) is 4.45. The van der Waals surface area contributed by atoms with E-state index >= 15 is 0 Å². The molecule has 0 spiro atoms. The molecule has 0 aliphatic rings. The lowest BCUT2D eigenvalue weighted by atomic mass is 9.86. The van der Waals surface area contributed by atoms with Gasteiger partial charge in [-0.15, -0.1) is 0 Å². The fraction of sp³-hybridized carbons (Fsp3) is 0.294. The van der Waals surface area contributed by atoms with Crippen molar-refractivity contribution in [3.05, 3.63) is 79.4 Å². The number of rotatable bonds is 4. The van der Waals surface area contributed by atoms with Crippen LogP contribution in [0.2, 0.25) is 0 Å². The summed E-state index contributed by atoms with van der Waals surface area (Å²) in [6.45, 7) is 6.35. The maximum absolute atomic E-state index is 10.9. The Bertz CT molecular complexity index is 714. The zero-order chi connectivity index (χ0) is 17.2. The van der Waals surface area contributed by atoms with Gasteiger partial charge in [-0.2, -0.15) is 0 Å². The van der Waals surface area contributed by atoms with Crippen molar-refractivity contribution in [1.82, 2.24) is 0 Å². The van der Waals surface area contributed by atoms with Crippen LogP contribution in [0.15, 0.2) is 42.5 Å². The lowest BCUT2D eigenvalue weighted by molar-refractivity contribution is -0.394. The van der Waals surface area contributed by atoms with E-state index in [9.17, 15) is 20.2 Å². The standard InChI is InChI=1S/C17H18N2O4/c1-17(2,3)14-6-4-12(5-7-14)8-13-9-15(18(20)21)11-16(10-13)19(22)23/h4-7,9-11H,8H2,1-3H3. The van der Waals surface area contributed by atoms with Gasteiger partial charge in [0, 0.05) is 12.1 Å². The van der Waals surface area contributed by atoms with E-state index < -0.39 is 9.85 Å². The molecule has 0 aromatic heterocycles. The zero-order valence-electron chi connectivity index (χ0n) is 13.3. The van der Waals surface area contributed by atoms with Crippen molar-refractivity contribution < 1.29 is 9.85 Å². The molecule has 0 aliphatic heterocycles. The topological polar surface area (TPSA) is 86.3 Å². The van der Waals surface area contributed by atoms with Gasteiger partial charge in [0.25, 0.3) is 11.4 Å². The second kappa shape index (κ2) is 6.16. The first-order valence-electron chi connectivity index (χ1n) is 7.19. The summed E-state index contributed by atoms with van der Waals surface area (Å²) in [6, 6.07) is 11.7. The Morgan fingerprint density at radius 2 is 1.30 bits per heavy atom. The van der Waals surface area contributed by atoms with E-state index in [1.54, 1.807) is 0 Å². The lowest BCUT2D eigenvalue weighted by Crippen LogP contribution is -2.10. The minimum Gasteiger partial charge on any atom is -0.258 e. The van der Waals surface area contributed by atoms with Gasteiger partial charge >= 0.3 is 0 Å². The van der Waals surface area contributed by atoms with E-state index in [0.29, 0.717) is 12.0 Å². The SMILES string of the molecule is CC(C)(C)c1ccc(Cc2cc([N+](=O)[O-])cc([N+](=O)[O-])c2)cc1. The Morgan fingerprint density at radius 1 is 0.826 bits per heavy atom. The highest BCUT2D eigenvalue weighted by atomic mass is 16.6. The van der Waals surface area contributed by atoms with Gasteiger partial charge in [-0.05, 0) is 28.5 Å². The van der Waals surface area contributed by atoms with Crippen LogP contribution in [-0.2, 0) is 11.8 Å². The van der Waals surface area contributed by atoms with Crippen LogP contribution >= 0.6 is 0 Å². The molecular weight excluding hydrogens is 296 g/mol. The predicted molar refractivity (Wildman–Crippen MR) is 87.7 cm³/mol. The highest BCUT2D eigenvalue weighted by Crippen LogP contribution is 2.26. The van der Waals surface area contributed by atoms with Crippen molar-refractivity contribution >= 4 is 11.4 Å². The van der Waals surface area contributed by atoms with Crippen molar-refractivity contribution in [2.45, 2.75) is 32.6 Å². The Labute approximate surface area is 134 Å². The summed E-state index contributed by atoms with van der Waals surface area (Å²) in [6.07, 6.45) is 0.410. The largest absolute Gasteiger partial charge is 0.276 e. The molecule has 2 aromatic rings. The molecule has 23 heavy (non-hydrogen) atoms. The number of hydrogen-bond acceptors (Lipinski definition) is 4. The second-order valence-corrected chi connectivity index (χ2v) is 6.50. The third kappa shape index (κ3) is 4.12. The van der Waals surface area contributed by atoms with Gasteiger partial charge in [0.1, 0.15) is 0 Å². The van der Waals surface area contributed by atoms with Crippen molar-refractivity contribution in [3.8, 4) is 0 Å². The minimum absolute atomic E-state index is 0.0445. The molecule has 2 aromatic carbocycles. The summed E-state index contributed by atoms with van der Waals surface area (Å²) >= 11 is 0. The molecule has 0 unspecified atom stereocenters. The fourth-order valence-electron chi connectivity index (χ4n) is 2.33. The first kappa shape index (κ1) is 16.6. The van der Waals surface area contributed by atoms with Crippen LogP contribution in [0.1, 0.15) is 37.5 Å².